The highest BCUT2D eigenvalue weighted by Crippen LogP contribution is 2.14. The summed E-state index contributed by atoms with van der Waals surface area (Å²) in [7, 11) is 1.75. The van der Waals surface area contributed by atoms with E-state index in [0.29, 0.717) is 45.8 Å². The van der Waals surface area contributed by atoms with E-state index in [1.165, 1.54) is 0 Å². The number of rotatable bonds is 9. The van der Waals surface area contributed by atoms with Crippen LogP contribution in [0.3, 0.4) is 0 Å². The first-order chi connectivity index (χ1) is 13.1. The molecule has 0 saturated carbocycles. The molecule has 8 heteroatoms. The molecule has 1 heterocycles. The molecule has 3 N–H and O–H groups in total. The van der Waals surface area contributed by atoms with Crippen LogP contribution in [0.15, 0.2) is 30.3 Å². The predicted molar refractivity (Wildman–Crippen MR) is 112 cm³/mol. The number of nitrogens with one attached hydrogen (secondary N) is 1. The van der Waals surface area contributed by atoms with Gasteiger partial charge in [-0.2, -0.15) is 0 Å². The lowest BCUT2D eigenvalue weighted by atomic mass is 10.1. The molecular formula is C20H33ClN4O3. The summed E-state index contributed by atoms with van der Waals surface area (Å²) < 4.78 is 5.76. The Kier molecular flexibility index (Phi) is 11.6. The summed E-state index contributed by atoms with van der Waals surface area (Å²) in [5.74, 6) is 0.0846. The summed E-state index contributed by atoms with van der Waals surface area (Å²) in [6.45, 7) is 3.66. The van der Waals surface area contributed by atoms with Crippen molar-refractivity contribution < 1.29 is 14.3 Å². The van der Waals surface area contributed by atoms with E-state index in [4.69, 9.17) is 10.5 Å². The Labute approximate surface area is 174 Å². The van der Waals surface area contributed by atoms with Gasteiger partial charge in [-0.1, -0.05) is 30.3 Å². The summed E-state index contributed by atoms with van der Waals surface area (Å²) in [6.07, 6.45) is 3.15. The molecule has 1 aromatic carbocycles. The largest absolute Gasteiger partial charge is 0.378 e. The van der Waals surface area contributed by atoms with Crippen LogP contribution in [-0.2, 0) is 16.1 Å². The number of nitrogens with two attached hydrogens (primary N) is 1. The van der Waals surface area contributed by atoms with Gasteiger partial charge in [-0.05, 0) is 31.4 Å². The van der Waals surface area contributed by atoms with E-state index >= 15 is 0 Å². The first kappa shape index (κ1) is 24.2. The second kappa shape index (κ2) is 13.4. The Morgan fingerprint density at radius 1 is 1.25 bits per heavy atom. The van der Waals surface area contributed by atoms with Gasteiger partial charge >= 0.3 is 6.03 Å². The van der Waals surface area contributed by atoms with Crippen molar-refractivity contribution in [2.45, 2.75) is 38.3 Å². The number of likely N-dealkylation sites (tertiary alicyclic amines) is 1. The van der Waals surface area contributed by atoms with Crippen molar-refractivity contribution >= 4 is 24.3 Å². The molecule has 1 saturated heterocycles. The van der Waals surface area contributed by atoms with Crippen LogP contribution in [-0.4, -0.2) is 67.7 Å². The first-order valence-electron chi connectivity index (χ1n) is 9.72. The molecule has 0 radical (unpaired) electrons. The van der Waals surface area contributed by atoms with Crippen molar-refractivity contribution in [3.63, 3.8) is 0 Å². The fourth-order valence-corrected chi connectivity index (χ4v) is 3.10. The zero-order chi connectivity index (χ0) is 19.5. The molecule has 3 amide bonds. The molecule has 2 rings (SSSR count). The number of piperidine rings is 1. The Hall–Kier alpha value is -1.83. The van der Waals surface area contributed by atoms with Gasteiger partial charge in [0, 0.05) is 46.3 Å². The molecule has 0 unspecified atom stereocenters. The van der Waals surface area contributed by atoms with E-state index in [9.17, 15) is 9.59 Å². The van der Waals surface area contributed by atoms with Crippen molar-refractivity contribution in [2.24, 2.45) is 5.73 Å². The minimum atomic E-state index is -0.168. The van der Waals surface area contributed by atoms with Crippen molar-refractivity contribution in [1.82, 2.24) is 15.1 Å². The van der Waals surface area contributed by atoms with E-state index in [1.807, 2.05) is 35.2 Å². The molecule has 7 nitrogen and oxygen atoms in total. The lowest BCUT2D eigenvalue weighted by molar-refractivity contribution is -0.133. The second-order valence-electron chi connectivity index (χ2n) is 6.92. The third kappa shape index (κ3) is 8.46. The minimum absolute atomic E-state index is 0. The van der Waals surface area contributed by atoms with Gasteiger partial charge in [0.05, 0.1) is 6.10 Å². The number of nitrogens with zero attached hydrogens (tertiary/aromatic N) is 2. The molecule has 1 aliphatic heterocycles. The van der Waals surface area contributed by atoms with Crippen molar-refractivity contribution in [3.05, 3.63) is 35.9 Å². The number of halogens is 1. The summed E-state index contributed by atoms with van der Waals surface area (Å²) in [6, 6.07) is 9.65. The van der Waals surface area contributed by atoms with Gasteiger partial charge in [-0.15, -0.1) is 12.4 Å². The van der Waals surface area contributed by atoms with Crippen LogP contribution in [0.1, 0.15) is 31.2 Å². The minimum Gasteiger partial charge on any atom is -0.378 e. The van der Waals surface area contributed by atoms with Gasteiger partial charge in [0.2, 0.25) is 5.91 Å². The van der Waals surface area contributed by atoms with E-state index in [2.05, 4.69) is 5.32 Å². The quantitative estimate of drug-likeness (QED) is 0.607. The van der Waals surface area contributed by atoms with Gasteiger partial charge in [0.25, 0.3) is 0 Å². The SMILES string of the molecule is CN(Cc1ccccc1)C(=O)NCCC(=O)N1CCC(OCCCN)CC1.Cl. The first-order valence-corrected chi connectivity index (χ1v) is 9.72. The highest BCUT2D eigenvalue weighted by molar-refractivity contribution is 5.85. The summed E-state index contributed by atoms with van der Waals surface area (Å²) in [4.78, 5) is 27.9. The van der Waals surface area contributed by atoms with Crippen LogP contribution >= 0.6 is 12.4 Å². The average Bonchev–Trinajstić information content (AvgIpc) is 2.69. The molecule has 0 atom stereocenters. The summed E-state index contributed by atoms with van der Waals surface area (Å²) >= 11 is 0. The number of amides is 3. The van der Waals surface area contributed by atoms with Crippen molar-refractivity contribution in [2.75, 3.05) is 39.8 Å². The zero-order valence-corrected chi connectivity index (χ0v) is 17.5. The molecule has 1 fully saturated rings. The summed E-state index contributed by atoms with van der Waals surface area (Å²) in [5.41, 5.74) is 6.54. The van der Waals surface area contributed by atoms with E-state index < -0.39 is 0 Å². The molecule has 1 aliphatic rings. The topological polar surface area (TPSA) is 87.9 Å². The van der Waals surface area contributed by atoms with Gasteiger partial charge in [-0.25, -0.2) is 4.79 Å². The standard InChI is InChI=1S/C20H32N4O3.ClH/c1-23(16-17-6-3-2-4-7-17)20(26)22-12-8-19(25)24-13-9-18(10-14-24)27-15-5-11-21;/h2-4,6-7,18H,5,8-16,21H2,1H3,(H,22,26);1H. The maximum atomic E-state index is 12.3. The monoisotopic (exact) mass is 412 g/mol. The van der Waals surface area contributed by atoms with Gasteiger partial charge in [-0.3, -0.25) is 4.79 Å². The highest BCUT2D eigenvalue weighted by Gasteiger charge is 2.23. The molecular weight excluding hydrogens is 380 g/mol. The molecule has 28 heavy (non-hydrogen) atoms. The lowest BCUT2D eigenvalue weighted by Crippen LogP contribution is -2.43. The molecule has 0 aromatic heterocycles. The third-order valence-corrected chi connectivity index (χ3v) is 4.72. The fraction of sp³-hybridized carbons (Fsp3) is 0.600. The average molecular weight is 413 g/mol. The van der Waals surface area contributed by atoms with E-state index in [0.717, 1.165) is 24.8 Å². The smallest absolute Gasteiger partial charge is 0.317 e. The Balaban J connectivity index is 0.00000392. The maximum Gasteiger partial charge on any atom is 0.317 e. The Morgan fingerprint density at radius 2 is 1.93 bits per heavy atom. The van der Waals surface area contributed by atoms with Crippen LogP contribution in [0.2, 0.25) is 0 Å². The van der Waals surface area contributed by atoms with Gasteiger partial charge < -0.3 is 25.6 Å². The van der Waals surface area contributed by atoms with Crippen molar-refractivity contribution in [1.29, 1.82) is 0 Å². The second-order valence-corrected chi connectivity index (χ2v) is 6.92. The number of urea groups is 1. The third-order valence-electron chi connectivity index (χ3n) is 4.72. The normalized spacial score (nSPS) is 14.3. The van der Waals surface area contributed by atoms with E-state index in [1.54, 1.807) is 11.9 Å². The van der Waals surface area contributed by atoms with Crippen molar-refractivity contribution in [3.8, 4) is 0 Å². The fourth-order valence-electron chi connectivity index (χ4n) is 3.10. The van der Waals surface area contributed by atoms with Crippen LogP contribution in [0.4, 0.5) is 4.79 Å². The van der Waals surface area contributed by atoms with Gasteiger partial charge in [0.15, 0.2) is 0 Å². The molecule has 1 aromatic rings. The number of hydrogen-bond donors (Lipinski definition) is 2. The Morgan fingerprint density at radius 3 is 2.57 bits per heavy atom. The van der Waals surface area contributed by atoms with Crippen LogP contribution < -0.4 is 11.1 Å². The molecule has 158 valence electrons. The van der Waals surface area contributed by atoms with E-state index in [-0.39, 0.29) is 30.4 Å². The number of ether oxygens (including phenoxy) is 1. The molecule has 0 aliphatic carbocycles. The molecule has 0 spiro atoms. The molecule has 0 bridgehead atoms. The predicted octanol–water partition coefficient (Wildman–Crippen LogP) is 2.00. The number of hydrogen-bond acceptors (Lipinski definition) is 4. The highest BCUT2D eigenvalue weighted by atomic mass is 35.5. The summed E-state index contributed by atoms with van der Waals surface area (Å²) in [5, 5.41) is 2.82. The zero-order valence-electron chi connectivity index (χ0n) is 16.6. The van der Waals surface area contributed by atoms with Crippen LogP contribution in [0, 0.1) is 0 Å². The number of carbonyl (C=O) groups excluding carboxylic acids is 2. The van der Waals surface area contributed by atoms with Crippen LogP contribution in [0.5, 0.6) is 0 Å². The maximum absolute atomic E-state index is 12.3. The number of benzene rings is 1. The van der Waals surface area contributed by atoms with Gasteiger partial charge in [0.1, 0.15) is 0 Å². The Bertz CT molecular complexity index is 580. The lowest BCUT2D eigenvalue weighted by Gasteiger charge is -2.32. The number of carbonyl (C=O) groups is 2. The van der Waals surface area contributed by atoms with Crippen LogP contribution in [0.25, 0.3) is 0 Å².